The number of nitrogens with zero attached hydrogens (tertiary/aromatic N) is 5. The van der Waals surface area contributed by atoms with Crippen molar-refractivity contribution in [3.63, 3.8) is 0 Å². The average Bonchev–Trinajstić information content (AvgIpc) is 3.52. The van der Waals surface area contributed by atoms with Gasteiger partial charge in [0, 0.05) is 41.8 Å². The first-order valence-corrected chi connectivity index (χ1v) is 10.5. The fraction of sp³-hybridized carbons (Fsp3) is 0.0833. The van der Waals surface area contributed by atoms with E-state index in [-0.39, 0.29) is 11.8 Å². The lowest BCUT2D eigenvalue weighted by Gasteiger charge is -2.07. The van der Waals surface area contributed by atoms with Gasteiger partial charge in [0.05, 0.1) is 16.7 Å². The van der Waals surface area contributed by atoms with Gasteiger partial charge >= 0.3 is 5.69 Å². The normalized spacial score (nSPS) is 11.5. The first-order valence-electron chi connectivity index (χ1n) is 10.5. The predicted molar refractivity (Wildman–Crippen MR) is 125 cm³/mol. The molecule has 0 bridgehead atoms. The molecule has 2 N–H and O–H groups in total. The maximum atomic E-state index is 15.0. The van der Waals surface area contributed by atoms with Crippen LogP contribution in [0.2, 0.25) is 0 Å². The third-order valence-corrected chi connectivity index (χ3v) is 5.84. The molecule has 0 spiro atoms. The molecule has 0 aliphatic heterocycles. The predicted octanol–water partition coefficient (Wildman–Crippen LogP) is 4.23. The van der Waals surface area contributed by atoms with E-state index in [2.05, 4.69) is 25.5 Å². The molecule has 0 unspecified atom stereocenters. The van der Waals surface area contributed by atoms with E-state index in [1.165, 1.54) is 6.07 Å². The van der Waals surface area contributed by atoms with Crippen LogP contribution in [0.1, 0.15) is 5.56 Å². The smallest absolute Gasteiger partial charge is 0.365 e. The Morgan fingerprint density at radius 2 is 1.94 bits per heavy atom. The van der Waals surface area contributed by atoms with Crippen molar-refractivity contribution < 1.29 is 9.13 Å². The largest absolute Gasteiger partial charge is 0.426 e. The zero-order valence-electron chi connectivity index (χ0n) is 18.2. The number of imidazole rings is 1. The minimum Gasteiger partial charge on any atom is -0.426 e. The quantitative estimate of drug-likeness (QED) is 0.414. The number of rotatable bonds is 4. The van der Waals surface area contributed by atoms with Gasteiger partial charge in [0.15, 0.2) is 0 Å². The third-order valence-electron chi connectivity index (χ3n) is 5.84. The van der Waals surface area contributed by atoms with Gasteiger partial charge in [-0.15, -0.1) is 0 Å². The molecule has 0 saturated carbocycles. The van der Waals surface area contributed by atoms with Gasteiger partial charge in [-0.3, -0.25) is 0 Å². The Morgan fingerprint density at radius 1 is 1.06 bits per heavy atom. The molecule has 3 heterocycles. The summed E-state index contributed by atoms with van der Waals surface area (Å²) in [6, 6.07) is 16.4. The molecule has 0 amide bonds. The highest BCUT2D eigenvalue weighted by Crippen LogP contribution is 2.31. The average molecular weight is 455 g/mol. The summed E-state index contributed by atoms with van der Waals surface area (Å²) in [6.07, 6.45) is 1.97. The molecule has 6 aromatic rings. The molecule has 10 heteroatoms. The molecule has 0 aliphatic carbocycles. The molecule has 6 rings (SSSR count). The second-order valence-electron chi connectivity index (χ2n) is 8.06. The van der Waals surface area contributed by atoms with Gasteiger partial charge < -0.3 is 14.3 Å². The van der Waals surface area contributed by atoms with Crippen LogP contribution < -0.4 is 10.4 Å². The van der Waals surface area contributed by atoms with Crippen LogP contribution in [-0.4, -0.2) is 34.7 Å². The van der Waals surface area contributed by atoms with Crippen molar-refractivity contribution in [3.05, 3.63) is 82.7 Å². The van der Waals surface area contributed by atoms with Gasteiger partial charge in [0.2, 0.25) is 0 Å². The standard InChI is InChI=1S/C24H18FN7O2/c1-13-3-5-16(10-22(13)32-24(33)28-29-30-32)34-23-26-19-11-17(18(25)12-20(19)27-23)14-4-6-21-15(9-14)7-8-31(21)2/h3-12H,1-2H3,(H,26,27)(H,28,30,33). The van der Waals surface area contributed by atoms with E-state index in [4.69, 9.17) is 4.74 Å². The van der Waals surface area contributed by atoms with E-state index in [0.29, 0.717) is 28.0 Å². The highest BCUT2D eigenvalue weighted by Gasteiger charge is 2.14. The van der Waals surface area contributed by atoms with E-state index in [9.17, 15) is 9.18 Å². The van der Waals surface area contributed by atoms with E-state index in [0.717, 1.165) is 26.7 Å². The van der Waals surface area contributed by atoms with Gasteiger partial charge in [-0.05, 0) is 58.8 Å². The summed E-state index contributed by atoms with van der Waals surface area (Å²) in [6.45, 7) is 1.85. The van der Waals surface area contributed by atoms with Crippen LogP contribution in [0.25, 0.3) is 38.8 Å². The summed E-state index contributed by atoms with van der Waals surface area (Å²) < 4.78 is 24.0. The molecule has 0 atom stereocenters. The van der Waals surface area contributed by atoms with Crippen LogP contribution in [0.3, 0.4) is 0 Å². The van der Waals surface area contributed by atoms with Crippen LogP contribution >= 0.6 is 0 Å². The van der Waals surface area contributed by atoms with Crippen molar-refractivity contribution in [2.75, 3.05) is 0 Å². The number of hydrogen-bond donors (Lipinski definition) is 2. The SMILES string of the molecule is Cc1ccc(Oc2nc3cc(-c4ccc5c(ccn5C)c4)c(F)cc3[nH]2)cc1-n1nn[nH]c1=O. The minimum atomic E-state index is -0.458. The number of aromatic nitrogens is 7. The summed E-state index contributed by atoms with van der Waals surface area (Å²) >= 11 is 0. The van der Waals surface area contributed by atoms with Crippen LogP contribution in [0.5, 0.6) is 11.8 Å². The Morgan fingerprint density at radius 3 is 2.76 bits per heavy atom. The summed E-state index contributed by atoms with van der Waals surface area (Å²) in [5.74, 6) is 0.0748. The molecule has 9 nitrogen and oxygen atoms in total. The number of aryl methyl sites for hydroxylation is 2. The molecular formula is C24H18FN7O2. The van der Waals surface area contributed by atoms with Crippen molar-refractivity contribution in [2.45, 2.75) is 6.92 Å². The summed E-state index contributed by atoms with van der Waals surface area (Å²) in [4.78, 5) is 19.4. The Kier molecular flexibility index (Phi) is 4.34. The van der Waals surface area contributed by atoms with Crippen molar-refractivity contribution in [1.29, 1.82) is 0 Å². The number of benzene rings is 3. The number of tetrazole rings is 1. The van der Waals surface area contributed by atoms with E-state index in [1.807, 2.05) is 49.0 Å². The first-order chi connectivity index (χ1) is 16.5. The fourth-order valence-electron chi connectivity index (χ4n) is 4.07. The monoisotopic (exact) mass is 455 g/mol. The topological polar surface area (TPSA) is 106 Å². The number of halogens is 1. The molecule has 0 fully saturated rings. The van der Waals surface area contributed by atoms with Crippen LogP contribution in [-0.2, 0) is 7.05 Å². The van der Waals surface area contributed by atoms with Crippen molar-refractivity contribution in [1.82, 2.24) is 34.7 Å². The zero-order valence-corrected chi connectivity index (χ0v) is 18.2. The molecule has 168 valence electrons. The van der Waals surface area contributed by atoms with Crippen LogP contribution in [0.15, 0.2) is 65.6 Å². The lowest BCUT2D eigenvalue weighted by atomic mass is 10.0. The lowest BCUT2D eigenvalue weighted by molar-refractivity contribution is 0.449. The van der Waals surface area contributed by atoms with Crippen molar-refractivity contribution in [2.24, 2.45) is 7.05 Å². The fourth-order valence-corrected chi connectivity index (χ4v) is 4.07. The van der Waals surface area contributed by atoms with E-state index >= 15 is 0 Å². The minimum absolute atomic E-state index is 0.201. The maximum absolute atomic E-state index is 15.0. The highest BCUT2D eigenvalue weighted by atomic mass is 19.1. The summed E-state index contributed by atoms with van der Waals surface area (Å²) in [5.41, 5.74) is 4.26. The Balaban J connectivity index is 1.36. The summed E-state index contributed by atoms with van der Waals surface area (Å²) in [7, 11) is 1.97. The van der Waals surface area contributed by atoms with Gasteiger partial charge in [-0.1, -0.05) is 12.1 Å². The van der Waals surface area contributed by atoms with Gasteiger partial charge in [-0.2, -0.15) is 9.67 Å². The molecule has 34 heavy (non-hydrogen) atoms. The van der Waals surface area contributed by atoms with Crippen molar-refractivity contribution >= 4 is 21.9 Å². The number of ether oxygens (including phenoxy) is 1. The number of fused-ring (bicyclic) bond motifs is 2. The Hall–Kier alpha value is -4.73. The van der Waals surface area contributed by atoms with Crippen LogP contribution in [0, 0.1) is 12.7 Å². The number of nitrogens with one attached hydrogen (secondary N) is 2. The van der Waals surface area contributed by atoms with Crippen LogP contribution in [0.4, 0.5) is 4.39 Å². The van der Waals surface area contributed by atoms with Gasteiger partial charge in [-0.25, -0.2) is 14.3 Å². The highest BCUT2D eigenvalue weighted by molar-refractivity contribution is 5.88. The lowest BCUT2D eigenvalue weighted by Crippen LogP contribution is -2.17. The first kappa shape index (κ1) is 19.9. The molecule has 0 radical (unpaired) electrons. The maximum Gasteiger partial charge on any atom is 0.365 e. The molecule has 3 aromatic heterocycles. The number of aromatic amines is 2. The van der Waals surface area contributed by atoms with E-state index in [1.54, 1.807) is 24.3 Å². The molecule has 0 saturated heterocycles. The third kappa shape index (κ3) is 3.24. The Bertz CT molecular complexity index is 1760. The number of H-pyrrole nitrogens is 2. The zero-order chi connectivity index (χ0) is 23.4. The van der Waals surface area contributed by atoms with Crippen molar-refractivity contribution in [3.8, 4) is 28.6 Å². The number of hydrogen-bond acceptors (Lipinski definition) is 5. The second kappa shape index (κ2) is 7.41. The summed E-state index contributed by atoms with van der Waals surface area (Å²) in [5, 5.41) is 10.6. The van der Waals surface area contributed by atoms with E-state index < -0.39 is 5.69 Å². The molecule has 0 aliphatic rings. The van der Waals surface area contributed by atoms with Gasteiger partial charge in [0.25, 0.3) is 6.01 Å². The molecular weight excluding hydrogens is 437 g/mol. The second-order valence-corrected chi connectivity index (χ2v) is 8.06. The Labute approximate surface area is 191 Å². The molecule has 3 aromatic carbocycles. The van der Waals surface area contributed by atoms with Gasteiger partial charge in [0.1, 0.15) is 11.6 Å².